The van der Waals surface area contributed by atoms with Crippen molar-refractivity contribution >= 4 is 38.5 Å². The van der Waals surface area contributed by atoms with Crippen LogP contribution in [-0.2, 0) is 4.79 Å². The molecule has 34 heavy (non-hydrogen) atoms. The smallest absolute Gasteiger partial charge is 0.240 e. The van der Waals surface area contributed by atoms with E-state index in [1.807, 2.05) is 61.5 Å². The SMILES string of the molecule is COc1ccc([C@@H]2CC(c3c(C)nc4ccc(Br)cc4c3-c3ccccc3)=NN2C(C)=O)cc1. The van der Waals surface area contributed by atoms with E-state index in [9.17, 15) is 4.79 Å². The number of methoxy groups -OCH3 is 1. The van der Waals surface area contributed by atoms with E-state index in [-0.39, 0.29) is 11.9 Å². The fraction of sp³-hybridized carbons (Fsp3) is 0.179. The standard InChI is InChI=1S/C28H24BrN3O2/c1-17-27(25-16-26(32(31-25)18(2)33)19-9-12-22(34-3)13-10-19)28(20-7-5-4-6-8-20)23-15-21(29)11-14-24(23)30-17/h4-15,26H,16H2,1-3H3/t26-/m0/s1. The molecule has 5 rings (SSSR count). The Labute approximate surface area is 207 Å². The van der Waals surface area contributed by atoms with Gasteiger partial charge in [-0.3, -0.25) is 9.78 Å². The second kappa shape index (κ2) is 9.03. The third kappa shape index (κ3) is 3.99. The Morgan fingerprint density at radius 1 is 1.03 bits per heavy atom. The number of fused-ring (bicyclic) bond motifs is 1. The lowest BCUT2D eigenvalue weighted by Crippen LogP contribution is -2.24. The Morgan fingerprint density at radius 2 is 1.76 bits per heavy atom. The van der Waals surface area contributed by atoms with Crippen LogP contribution in [0.5, 0.6) is 5.75 Å². The van der Waals surface area contributed by atoms with Gasteiger partial charge >= 0.3 is 0 Å². The Morgan fingerprint density at radius 3 is 2.44 bits per heavy atom. The van der Waals surface area contributed by atoms with Crippen molar-refractivity contribution < 1.29 is 9.53 Å². The zero-order valence-corrected chi connectivity index (χ0v) is 20.8. The maximum absolute atomic E-state index is 12.6. The molecule has 1 aliphatic heterocycles. The fourth-order valence-electron chi connectivity index (χ4n) is 4.65. The number of aryl methyl sites for hydroxylation is 1. The average molecular weight is 514 g/mol. The Kier molecular flexibility index (Phi) is 5.92. The van der Waals surface area contributed by atoms with Gasteiger partial charge in [0.05, 0.1) is 24.4 Å². The molecule has 170 valence electrons. The van der Waals surface area contributed by atoms with Gasteiger partial charge in [-0.1, -0.05) is 58.4 Å². The number of hydrogen-bond acceptors (Lipinski definition) is 4. The zero-order chi connectivity index (χ0) is 23.8. The molecule has 0 bridgehead atoms. The number of carbonyl (C=O) groups excluding carboxylic acids is 1. The van der Waals surface area contributed by atoms with Gasteiger partial charge in [-0.2, -0.15) is 5.10 Å². The molecule has 0 saturated heterocycles. The minimum absolute atomic E-state index is 0.0915. The van der Waals surface area contributed by atoms with Crippen molar-refractivity contribution in [1.29, 1.82) is 0 Å². The number of rotatable bonds is 4. The van der Waals surface area contributed by atoms with Gasteiger partial charge in [0.15, 0.2) is 0 Å². The molecule has 4 aromatic rings. The third-order valence-corrected chi connectivity index (χ3v) is 6.71. The molecule has 0 unspecified atom stereocenters. The van der Waals surface area contributed by atoms with Gasteiger partial charge in [0.1, 0.15) is 5.75 Å². The van der Waals surface area contributed by atoms with Crippen LogP contribution >= 0.6 is 15.9 Å². The minimum atomic E-state index is -0.181. The van der Waals surface area contributed by atoms with Crippen molar-refractivity contribution in [2.45, 2.75) is 26.3 Å². The van der Waals surface area contributed by atoms with E-state index in [1.165, 1.54) is 0 Å². The van der Waals surface area contributed by atoms with Gasteiger partial charge in [-0.15, -0.1) is 0 Å². The van der Waals surface area contributed by atoms with Crippen molar-refractivity contribution in [3.05, 3.63) is 94.1 Å². The number of nitrogens with zero attached hydrogens (tertiary/aromatic N) is 3. The van der Waals surface area contributed by atoms with E-state index in [2.05, 4.69) is 34.1 Å². The summed E-state index contributed by atoms with van der Waals surface area (Å²) in [6.45, 7) is 3.58. The summed E-state index contributed by atoms with van der Waals surface area (Å²) < 4.78 is 6.30. The molecule has 3 aromatic carbocycles. The van der Waals surface area contributed by atoms with Crippen LogP contribution in [0.15, 0.2) is 82.4 Å². The van der Waals surface area contributed by atoms with Crippen LogP contribution in [0.1, 0.15) is 36.2 Å². The van der Waals surface area contributed by atoms with Crippen LogP contribution < -0.4 is 4.74 Å². The first-order valence-corrected chi connectivity index (χ1v) is 11.9. The molecule has 0 fully saturated rings. The summed E-state index contributed by atoms with van der Waals surface area (Å²) in [4.78, 5) is 17.5. The van der Waals surface area contributed by atoms with Gasteiger partial charge in [-0.25, -0.2) is 5.01 Å². The predicted octanol–water partition coefficient (Wildman–Crippen LogP) is 6.68. The summed E-state index contributed by atoms with van der Waals surface area (Å²) in [7, 11) is 1.65. The maximum atomic E-state index is 12.6. The molecule has 1 aromatic heterocycles. The summed E-state index contributed by atoms with van der Waals surface area (Å²) in [6, 6.07) is 24.1. The Bertz CT molecular complexity index is 1420. The zero-order valence-electron chi connectivity index (χ0n) is 19.2. The first kappa shape index (κ1) is 22.3. The van der Waals surface area contributed by atoms with E-state index in [0.717, 1.165) is 54.8 Å². The Balaban J connectivity index is 1.70. The second-order valence-corrected chi connectivity index (χ2v) is 9.29. The van der Waals surface area contributed by atoms with E-state index in [1.54, 1.807) is 19.0 Å². The van der Waals surface area contributed by atoms with Crippen LogP contribution in [-0.4, -0.2) is 28.7 Å². The molecule has 5 nitrogen and oxygen atoms in total. The van der Waals surface area contributed by atoms with Gasteiger partial charge < -0.3 is 4.74 Å². The predicted molar refractivity (Wildman–Crippen MR) is 139 cm³/mol. The molecule has 0 spiro atoms. The Hall–Kier alpha value is -3.51. The van der Waals surface area contributed by atoms with Crippen molar-refractivity contribution in [3.63, 3.8) is 0 Å². The monoisotopic (exact) mass is 513 g/mol. The normalized spacial score (nSPS) is 15.5. The summed E-state index contributed by atoms with van der Waals surface area (Å²) in [5, 5.41) is 7.49. The summed E-state index contributed by atoms with van der Waals surface area (Å²) in [6.07, 6.45) is 0.605. The molecular weight excluding hydrogens is 490 g/mol. The highest BCUT2D eigenvalue weighted by atomic mass is 79.9. The van der Waals surface area contributed by atoms with Crippen LogP contribution in [0.3, 0.4) is 0 Å². The van der Waals surface area contributed by atoms with Crippen molar-refractivity contribution in [2.75, 3.05) is 7.11 Å². The number of carbonyl (C=O) groups is 1. The van der Waals surface area contributed by atoms with Crippen LogP contribution in [0.4, 0.5) is 0 Å². The van der Waals surface area contributed by atoms with E-state index < -0.39 is 0 Å². The van der Waals surface area contributed by atoms with Gasteiger partial charge in [-0.05, 0) is 48.4 Å². The van der Waals surface area contributed by atoms with E-state index in [0.29, 0.717) is 6.42 Å². The first-order valence-electron chi connectivity index (χ1n) is 11.1. The molecule has 0 saturated carbocycles. The van der Waals surface area contributed by atoms with Crippen LogP contribution in [0.2, 0.25) is 0 Å². The molecule has 6 heteroatoms. The number of pyridine rings is 1. The summed E-state index contributed by atoms with van der Waals surface area (Å²) in [5.74, 6) is 0.690. The number of benzene rings is 3. The highest BCUT2D eigenvalue weighted by Crippen LogP contribution is 2.40. The molecule has 1 amide bonds. The largest absolute Gasteiger partial charge is 0.497 e. The maximum Gasteiger partial charge on any atom is 0.240 e. The summed E-state index contributed by atoms with van der Waals surface area (Å²) in [5.41, 5.74) is 6.87. The molecule has 1 aliphatic rings. The van der Waals surface area contributed by atoms with Crippen LogP contribution in [0, 0.1) is 6.92 Å². The highest BCUT2D eigenvalue weighted by molar-refractivity contribution is 9.10. The average Bonchev–Trinajstić information content (AvgIpc) is 3.29. The number of amides is 1. The quantitative estimate of drug-likeness (QED) is 0.305. The third-order valence-electron chi connectivity index (χ3n) is 6.21. The molecule has 0 radical (unpaired) electrons. The van der Waals surface area contributed by atoms with E-state index in [4.69, 9.17) is 14.8 Å². The summed E-state index contributed by atoms with van der Waals surface area (Å²) >= 11 is 3.63. The molecule has 2 heterocycles. The molecule has 0 aliphatic carbocycles. The lowest BCUT2D eigenvalue weighted by Gasteiger charge is -2.20. The topological polar surface area (TPSA) is 54.8 Å². The number of halogens is 1. The van der Waals surface area contributed by atoms with Crippen molar-refractivity contribution in [1.82, 2.24) is 9.99 Å². The van der Waals surface area contributed by atoms with Crippen molar-refractivity contribution in [2.24, 2.45) is 5.10 Å². The highest BCUT2D eigenvalue weighted by Gasteiger charge is 2.33. The molecule has 1 atom stereocenters. The number of ether oxygens (including phenoxy) is 1. The number of aromatic nitrogens is 1. The first-order chi connectivity index (χ1) is 16.5. The second-order valence-electron chi connectivity index (χ2n) is 8.38. The van der Waals surface area contributed by atoms with Crippen molar-refractivity contribution in [3.8, 4) is 16.9 Å². The lowest BCUT2D eigenvalue weighted by molar-refractivity contribution is -0.130. The molecular formula is C28H24BrN3O2. The number of hydrogen-bond donors (Lipinski definition) is 0. The minimum Gasteiger partial charge on any atom is -0.497 e. The number of hydrazone groups is 1. The van der Waals surface area contributed by atoms with Gasteiger partial charge in [0.25, 0.3) is 0 Å². The van der Waals surface area contributed by atoms with Gasteiger partial charge in [0.2, 0.25) is 5.91 Å². The lowest BCUT2D eigenvalue weighted by atomic mass is 9.89. The van der Waals surface area contributed by atoms with E-state index >= 15 is 0 Å². The molecule has 0 N–H and O–H groups in total. The van der Waals surface area contributed by atoms with Crippen LogP contribution in [0.25, 0.3) is 22.0 Å². The van der Waals surface area contributed by atoms with Gasteiger partial charge in [0, 0.05) is 40.0 Å². The fourth-order valence-corrected chi connectivity index (χ4v) is 5.01.